The van der Waals surface area contributed by atoms with Gasteiger partial charge < -0.3 is 5.32 Å². The van der Waals surface area contributed by atoms with Crippen LogP contribution in [0.5, 0.6) is 0 Å². The highest BCUT2D eigenvalue weighted by Gasteiger charge is 2.20. The van der Waals surface area contributed by atoms with Crippen LogP contribution >= 0.6 is 0 Å². The van der Waals surface area contributed by atoms with E-state index in [2.05, 4.69) is 47.3 Å². The number of hydrogen-bond donors (Lipinski definition) is 2. The molecule has 152 valence electrons. The Kier molecular flexibility index (Phi) is 6.09. The summed E-state index contributed by atoms with van der Waals surface area (Å²) in [6.07, 6.45) is 9.79. The molecule has 1 fully saturated rings. The summed E-state index contributed by atoms with van der Waals surface area (Å²) >= 11 is 0. The number of nitrogens with one attached hydrogen (secondary N) is 2. The van der Waals surface area contributed by atoms with Gasteiger partial charge in [0.25, 0.3) is 0 Å². The third kappa shape index (κ3) is 5.35. The number of rotatable bonds is 7. The van der Waals surface area contributed by atoms with Crippen molar-refractivity contribution in [2.45, 2.75) is 46.1 Å². The molecule has 0 bridgehead atoms. The Morgan fingerprint density at radius 2 is 1.86 bits per heavy atom. The molecule has 8 nitrogen and oxygen atoms in total. The number of aromatic nitrogens is 6. The first kappa shape index (κ1) is 19.4. The van der Waals surface area contributed by atoms with Crippen molar-refractivity contribution in [3.8, 4) is 0 Å². The van der Waals surface area contributed by atoms with Crippen molar-refractivity contribution in [3.63, 3.8) is 0 Å². The van der Waals surface area contributed by atoms with Crippen LogP contribution in [0.2, 0.25) is 0 Å². The van der Waals surface area contributed by atoms with E-state index >= 15 is 0 Å². The zero-order valence-electron chi connectivity index (χ0n) is 17.1. The van der Waals surface area contributed by atoms with E-state index in [1.807, 2.05) is 31.5 Å². The van der Waals surface area contributed by atoms with Gasteiger partial charge in [-0.05, 0) is 45.2 Å². The van der Waals surface area contributed by atoms with E-state index in [1.54, 1.807) is 6.33 Å². The van der Waals surface area contributed by atoms with Crippen molar-refractivity contribution in [2.75, 3.05) is 18.4 Å². The van der Waals surface area contributed by atoms with E-state index in [9.17, 15) is 0 Å². The maximum atomic E-state index is 4.47. The van der Waals surface area contributed by atoms with Gasteiger partial charge in [-0.15, -0.1) is 0 Å². The van der Waals surface area contributed by atoms with Crippen molar-refractivity contribution in [2.24, 2.45) is 5.92 Å². The summed E-state index contributed by atoms with van der Waals surface area (Å²) in [4.78, 5) is 20.1. The SMILES string of the molecule is CCc1ncc(CN2CCC(Cc3cc(Nc4cc(C)[nH]n4)ncn3)CC2)cn1. The Morgan fingerprint density at radius 1 is 1.07 bits per heavy atom. The van der Waals surface area contributed by atoms with E-state index in [4.69, 9.17) is 0 Å². The van der Waals surface area contributed by atoms with Gasteiger partial charge in [-0.2, -0.15) is 5.10 Å². The van der Waals surface area contributed by atoms with Gasteiger partial charge in [0.1, 0.15) is 18.0 Å². The quantitative estimate of drug-likeness (QED) is 0.638. The summed E-state index contributed by atoms with van der Waals surface area (Å²) in [5, 5.41) is 10.4. The molecule has 3 aromatic rings. The smallest absolute Gasteiger partial charge is 0.153 e. The Bertz CT molecular complexity index is 912. The zero-order valence-corrected chi connectivity index (χ0v) is 17.1. The Balaban J connectivity index is 1.27. The lowest BCUT2D eigenvalue weighted by Gasteiger charge is -2.31. The number of H-pyrrole nitrogens is 1. The predicted octanol–water partition coefficient (Wildman–Crippen LogP) is 3.06. The van der Waals surface area contributed by atoms with E-state index < -0.39 is 0 Å². The van der Waals surface area contributed by atoms with Gasteiger partial charge in [-0.1, -0.05) is 6.92 Å². The van der Waals surface area contributed by atoms with Crippen LogP contribution in [0.15, 0.2) is 30.9 Å². The van der Waals surface area contributed by atoms with Gasteiger partial charge in [0, 0.05) is 54.4 Å². The minimum atomic E-state index is 0.653. The highest BCUT2D eigenvalue weighted by molar-refractivity contribution is 5.51. The van der Waals surface area contributed by atoms with Gasteiger partial charge in [-0.3, -0.25) is 10.00 Å². The van der Waals surface area contributed by atoms with Crippen molar-refractivity contribution in [1.82, 2.24) is 35.0 Å². The average Bonchev–Trinajstić information content (AvgIpc) is 3.15. The van der Waals surface area contributed by atoms with Crippen LogP contribution < -0.4 is 5.32 Å². The zero-order chi connectivity index (χ0) is 20.1. The molecule has 0 atom stereocenters. The van der Waals surface area contributed by atoms with Crippen LogP contribution in [-0.2, 0) is 19.4 Å². The van der Waals surface area contributed by atoms with Crippen molar-refractivity contribution in [3.05, 3.63) is 53.6 Å². The molecule has 4 rings (SSSR count). The standard InChI is InChI=1S/C21H28N8/c1-3-19-22-11-17(12-23-19)13-29-6-4-16(5-7-29)9-18-10-20(25-14-24-18)26-21-8-15(2)27-28-21/h8,10-12,14,16H,3-7,9,13H2,1-2H3,(H2,24,25,26,27,28). The Labute approximate surface area is 171 Å². The largest absolute Gasteiger partial charge is 0.323 e. The molecule has 0 spiro atoms. The summed E-state index contributed by atoms with van der Waals surface area (Å²) in [5.74, 6) is 3.12. The van der Waals surface area contributed by atoms with Crippen molar-refractivity contribution >= 4 is 11.6 Å². The number of aromatic amines is 1. The molecule has 1 aliphatic heterocycles. The van der Waals surface area contributed by atoms with Crippen LogP contribution in [0.1, 0.15) is 42.5 Å². The van der Waals surface area contributed by atoms with Gasteiger partial charge in [0.15, 0.2) is 5.82 Å². The van der Waals surface area contributed by atoms with Crippen LogP contribution in [0.3, 0.4) is 0 Å². The molecule has 1 aliphatic rings. The van der Waals surface area contributed by atoms with Crippen LogP contribution in [0.4, 0.5) is 11.6 Å². The van der Waals surface area contributed by atoms with Gasteiger partial charge in [0.2, 0.25) is 0 Å². The molecule has 0 unspecified atom stereocenters. The van der Waals surface area contributed by atoms with Crippen molar-refractivity contribution < 1.29 is 0 Å². The second-order valence-corrected chi connectivity index (χ2v) is 7.74. The van der Waals surface area contributed by atoms with E-state index in [1.165, 1.54) is 18.4 Å². The molecule has 0 aromatic carbocycles. The third-order valence-electron chi connectivity index (χ3n) is 5.37. The summed E-state index contributed by atoms with van der Waals surface area (Å²) in [7, 11) is 0. The first-order chi connectivity index (χ1) is 14.2. The van der Waals surface area contributed by atoms with Crippen LogP contribution in [-0.4, -0.2) is 48.1 Å². The second-order valence-electron chi connectivity index (χ2n) is 7.74. The van der Waals surface area contributed by atoms with E-state index in [0.717, 1.165) is 61.3 Å². The third-order valence-corrected chi connectivity index (χ3v) is 5.37. The first-order valence-corrected chi connectivity index (χ1v) is 10.3. The Morgan fingerprint density at radius 3 is 2.55 bits per heavy atom. The monoisotopic (exact) mass is 392 g/mol. The van der Waals surface area contributed by atoms with E-state index in [0.29, 0.717) is 5.92 Å². The highest BCUT2D eigenvalue weighted by Crippen LogP contribution is 2.23. The van der Waals surface area contributed by atoms with Gasteiger partial charge >= 0.3 is 0 Å². The maximum absolute atomic E-state index is 4.47. The molecule has 2 N–H and O–H groups in total. The number of likely N-dealkylation sites (tertiary alicyclic amines) is 1. The molecule has 8 heteroatoms. The highest BCUT2D eigenvalue weighted by atomic mass is 15.2. The van der Waals surface area contributed by atoms with Crippen LogP contribution in [0.25, 0.3) is 0 Å². The Hall–Kier alpha value is -2.87. The lowest BCUT2D eigenvalue weighted by molar-refractivity contribution is 0.176. The number of piperidine rings is 1. The summed E-state index contributed by atoms with van der Waals surface area (Å²) < 4.78 is 0. The number of nitrogens with zero attached hydrogens (tertiary/aromatic N) is 6. The molecular formula is C21H28N8. The van der Waals surface area contributed by atoms with Gasteiger partial charge in [0.05, 0.1) is 0 Å². The first-order valence-electron chi connectivity index (χ1n) is 10.3. The summed E-state index contributed by atoms with van der Waals surface area (Å²) in [6, 6.07) is 3.99. The molecule has 1 saturated heterocycles. The fourth-order valence-electron chi connectivity index (χ4n) is 3.74. The molecule has 3 aromatic heterocycles. The summed E-state index contributed by atoms with van der Waals surface area (Å²) in [5.41, 5.74) is 3.29. The number of anilines is 2. The topological polar surface area (TPSA) is 95.5 Å². The minimum absolute atomic E-state index is 0.653. The molecule has 0 amide bonds. The molecule has 0 aliphatic carbocycles. The van der Waals surface area contributed by atoms with Crippen LogP contribution in [0, 0.1) is 12.8 Å². The molecular weight excluding hydrogens is 364 g/mol. The molecule has 4 heterocycles. The summed E-state index contributed by atoms with van der Waals surface area (Å²) in [6.45, 7) is 7.19. The lowest BCUT2D eigenvalue weighted by Crippen LogP contribution is -2.34. The number of aryl methyl sites for hydroxylation is 2. The predicted molar refractivity (Wildman–Crippen MR) is 112 cm³/mol. The van der Waals surface area contributed by atoms with Crippen molar-refractivity contribution in [1.29, 1.82) is 0 Å². The average molecular weight is 393 g/mol. The fourth-order valence-corrected chi connectivity index (χ4v) is 3.74. The number of hydrogen-bond acceptors (Lipinski definition) is 7. The normalized spacial score (nSPS) is 15.5. The molecule has 29 heavy (non-hydrogen) atoms. The molecule has 0 saturated carbocycles. The second kappa shape index (κ2) is 9.09. The van der Waals surface area contributed by atoms with Gasteiger partial charge in [-0.25, -0.2) is 19.9 Å². The lowest BCUT2D eigenvalue weighted by atomic mass is 9.92. The van der Waals surface area contributed by atoms with E-state index in [-0.39, 0.29) is 0 Å². The molecule has 0 radical (unpaired) electrons. The minimum Gasteiger partial charge on any atom is -0.323 e. The maximum Gasteiger partial charge on any atom is 0.153 e. The fraction of sp³-hybridized carbons (Fsp3) is 0.476.